The van der Waals surface area contributed by atoms with Gasteiger partial charge in [-0.15, -0.1) is 0 Å². The fraction of sp³-hybridized carbons (Fsp3) is 0.818. The van der Waals surface area contributed by atoms with Gasteiger partial charge in [0.25, 0.3) is 0 Å². The highest BCUT2D eigenvalue weighted by Crippen LogP contribution is 2.32. The van der Waals surface area contributed by atoms with Gasteiger partial charge in [0.1, 0.15) is 0 Å². The summed E-state index contributed by atoms with van der Waals surface area (Å²) in [5.41, 5.74) is 5.27. The van der Waals surface area contributed by atoms with Crippen molar-refractivity contribution < 1.29 is 14.7 Å². The van der Waals surface area contributed by atoms with Gasteiger partial charge in [-0.1, -0.05) is 0 Å². The number of carbonyl (C=O) groups is 2. The SMILES string of the molecule is NC1(C(=O)N2CCCC(C(=O)O)C2)CCC1. The molecule has 1 atom stereocenters. The summed E-state index contributed by atoms with van der Waals surface area (Å²) in [6, 6.07) is 0. The first-order valence-corrected chi connectivity index (χ1v) is 5.84. The Morgan fingerprint density at radius 1 is 1.31 bits per heavy atom. The number of hydrogen-bond donors (Lipinski definition) is 2. The first-order valence-electron chi connectivity index (χ1n) is 5.84. The van der Waals surface area contributed by atoms with Crippen LogP contribution < -0.4 is 5.73 Å². The molecule has 1 saturated carbocycles. The smallest absolute Gasteiger partial charge is 0.308 e. The third kappa shape index (κ3) is 1.91. The summed E-state index contributed by atoms with van der Waals surface area (Å²) in [5, 5.41) is 8.94. The van der Waals surface area contributed by atoms with Crippen LogP contribution in [0.1, 0.15) is 32.1 Å². The molecule has 90 valence electrons. The lowest BCUT2D eigenvalue weighted by Crippen LogP contribution is -2.61. The largest absolute Gasteiger partial charge is 0.481 e. The predicted molar refractivity (Wildman–Crippen MR) is 57.7 cm³/mol. The Bertz CT molecular complexity index is 312. The monoisotopic (exact) mass is 226 g/mol. The van der Waals surface area contributed by atoms with Gasteiger partial charge < -0.3 is 15.7 Å². The number of amides is 1. The van der Waals surface area contributed by atoms with E-state index in [4.69, 9.17) is 10.8 Å². The number of carbonyl (C=O) groups excluding carboxylic acids is 1. The molecule has 0 bridgehead atoms. The van der Waals surface area contributed by atoms with Crippen molar-refractivity contribution in [1.82, 2.24) is 4.90 Å². The van der Waals surface area contributed by atoms with E-state index in [9.17, 15) is 9.59 Å². The van der Waals surface area contributed by atoms with E-state index < -0.39 is 17.4 Å². The van der Waals surface area contributed by atoms with Crippen LogP contribution in [-0.2, 0) is 9.59 Å². The maximum Gasteiger partial charge on any atom is 0.308 e. The summed E-state index contributed by atoms with van der Waals surface area (Å²) in [6.45, 7) is 0.981. The average Bonchev–Trinajstić information content (AvgIpc) is 2.25. The van der Waals surface area contributed by atoms with Crippen molar-refractivity contribution >= 4 is 11.9 Å². The van der Waals surface area contributed by atoms with Crippen molar-refractivity contribution in [2.45, 2.75) is 37.6 Å². The minimum absolute atomic E-state index is 0.0512. The number of nitrogens with zero attached hydrogens (tertiary/aromatic N) is 1. The molecule has 2 rings (SSSR count). The molecule has 5 heteroatoms. The lowest BCUT2D eigenvalue weighted by molar-refractivity contribution is -0.148. The molecule has 3 N–H and O–H groups in total. The van der Waals surface area contributed by atoms with Crippen LogP contribution in [0.25, 0.3) is 0 Å². The van der Waals surface area contributed by atoms with E-state index in [2.05, 4.69) is 0 Å². The van der Waals surface area contributed by atoms with E-state index in [1.807, 2.05) is 0 Å². The van der Waals surface area contributed by atoms with Gasteiger partial charge in [-0.25, -0.2) is 0 Å². The van der Waals surface area contributed by atoms with Gasteiger partial charge in [0.2, 0.25) is 5.91 Å². The molecule has 1 saturated heterocycles. The van der Waals surface area contributed by atoms with E-state index >= 15 is 0 Å². The molecular formula is C11H18N2O3. The van der Waals surface area contributed by atoms with Crippen LogP contribution in [0.2, 0.25) is 0 Å². The number of aliphatic carboxylic acids is 1. The lowest BCUT2D eigenvalue weighted by Gasteiger charge is -2.42. The highest BCUT2D eigenvalue weighted by molar-refractivity contribution is 5.87. The summed E-state index contributed by atoms with van der Waals surface area (Å²) >= 11 is 0. The zero-order valence-electron chi connectivity index (χ0n) is 9.32. The molecule has 2 fully saturated rings. The van der Waals surface area contributed by atoms with Crippen LogP contribution in [-0.4, -0.2) is 40.5 Å². The van der Waals surface area contributed by atoms with E-state index in [0.29, 0.717) is 19.5 Å². The Labute approximate surface area is 94.6 Å². The first kappa shape index (κ1) is 11.4. The van der Waals surface area contributed by atoms with Gasteiger partial charge in [-0.2, -0.15) is 0 Å². The maximum absolute atomic E-state index is 12.1. The summed E-state index contributed by atoms with van der Waals surface area (Å²) in [7, 11) is 0. The number of piperidine rings is 1. The van der Waals surface area contributed by atoms with Gasteiger partial charge in [0.15, 0.2) is 0 Å². The van der Waals surface area contributed by atoms with Crippen molar-refractivity contribution in [3.05, 3.63) is 0 Å². The highest BCUT2D eigenvalue weighted by atomic mass is 16.4. The van der Waals surface area contributed by atoms with E-state index in [1.165, 1.54) is 0 Å². The van der Waals surface area contributed by atoms with Crippen LogP contribution in [0.4, 0.5) is 0 Å². The minimum Gasteiger partial charge on any atom is -0.481 e. The molecular weight excluding hydrogens is 208 g/mol. The molecule has 5 nitrogen and oxygen atoms in total. The number of likely N-dealkylation sites (tertiary alicyclic amines) is 1. The summed E-state index contributed by atoms with van der Waals surface area (Å²) in [5.74, 6) is -1.27. The Balaban J connectivity index is 1.99. The molecule has 0 aromatic carbocycles. The average molecular weight is 226 g/mol. The van der Waals surface area contributed by atoms with E-state index in [0.717, 1.165) is 25.7 Å². The van der Waals surface area contributed by atoms with Crippen molar-refractivity contribution in [2.75, 3.05) is 13.1 Å². The van der Waals surface area contributed by atoms with Crippen molar-refractivity contribution in [3.8, 4) is 0 Å². The van der Waals surface area contributed by atoms with Crippen molar-refractivity contribution in [3.63, 3.8) is 0 Å². The van der Waals surface area contributed by atoms with Gasteiger partial charge >= 0.3 is 5.97 Å². The van der Waals surface area contributed by atoms with Crippen LogP contribution >= 0.6 is 0 Å². The van der Waals surface area contributed by atoms with Crippen LogP contribution in [0.5, 0.6) is 0 Å². The molecule has 1 heterocycles. The zero-order valence-corrected chi connectivity index (χ0v) is 9.32. The minimum atomic E-state index is -0.808. The molecule has 0 aromatic rings. The summed E-state index contributed by atoms with van der Waals surface area (Å²) in [6.07, 6.45) is 3.90. The zero-order chi connectivity index (χ0) is 11.8. The van der Waals surface area contributed by atoms with Gasteiger partial charge in [0.05, 0.1) is 11.5 Å². The summed E-state index contributed by atoms with van der Waals surface area (Å²) in [4.78, 5) is 24.6. The second-order valence-electron chi connectivity index (χ2n) is 4.94. The fourth-order valence-corrected chi connectivity index (χ4v) is 2.45. The Hall–Kier alpha value is -1.10. The van der Waals surface area contributed by atoms with Crippen LogP contribution in [0.15, 0.2) is 0 Å². The molecule has 16 heavy (non-hydrogen) atoms. The molecule has 1 aliphatic heterocycles. The topological polar surface area (TPSA) is 83.6 Å². The quantitative estimate of drug-likeness (QED) is 0.704. The molecule has 1 amide bonds. The van der Waals surface area contributed by atoms with E-state index in [1.54, 1.807) is 4.90 Å². The van der Waals surface area contributed by atoms with Crippen LogP contribution in [0.3, 0.4) is 0 Å². The number of hydrogen-bond acceptors (Lipinski definition) is 3. The Morgan fingerprint density at radius 3 is 2.50 bits per heavy atom. The van der Waals surface area contributed by atoms with Gasteiger partial charge in [0, 0.05) is 13.1 Å². The fourth-order valence-electron chi connectivity index (χ4n) is 2.45. The molecule has 0 spiro atoms. The first-order chi connectivity index (χ1) is 7.53. The van der Waals surface area contributed by atoms with Crippen molar-refractivity contribution in [2.24, 2.45) is 11.7 Å². The second-order valence-corrected chi connectivity index (χ2v) is 4.94. The lowest BCUT2D eigenvalue weighted by atomic mass is 9.76. The Kier molecular flexibility index (Phi) is 2.88. The van der Waals surface area contributed by atoms with Crippen molar-refractivity contribution in [1.29, 1.82) is 0 Å². The third-order valence-electron chi connectivity index (χ3n) is 3.73. The predicted octanol–water partition coefficient (Wildman–Crippen LogP) is 0.191. The summed E-state index contributed by atoms with van der Waals surface area (Å²) < 4.78 is 0. The second kappa shape index (κ2) is 4.05. The number of carboxylic acids is 1. The number of rotatable bonds is 2. The third-order valence-corrected chi connectivity index (χ3v) is 3.73. The normalized spacial score (nSPS) is 28.3. The standard InChI is InChI=1S/C11H18N2O3/c12-11(4-2-5-11)10(16)13-6-1-3-8(7-13)9(14)15/h8H,1-7,12H2,(H,14,15). The Morgan fingerprint density at radius 2 is 2.00 bits per heavy atom. The highest BCUT2D eigenvalue weighted by Gasteiger charge is 2.44. The van der Waals surface area contributed by atoms with E-state index in [-0.39, 0.29) is 5.91 Å². The van der Waals surface area contributed by atoms with Gasteiger partial charge in [-0.3, -0.25) is 9.59 Å². The maximum atomic E-state index is 12.1. The molecule has 1 unspecified atom stereocenters. The molecule has 1 aliphatic carbocycles. The van der Waals surface area contributed by atoms with Gasteiger partial charge in [-0.05, 0) is 32.1 Å². The number of carboxylic acid groups (broad SMARTS) is 1. The molecule has 2 aliphatic rings. The number of nitrogens with two attached hydrogens (primary N) is 1. The molecule has 0 aromatic heterocycles. The van der Waals surface area contributed by atoms with Crippen LogP contribution in [0, 0.1) is 5.92 Å². The molecule has 0 radical (unpaired) electrons.